The summed E-state index contributed by atoms with van der Waals surface area (Å²) in [5.41, 5.74) is 2.39. The highest BCUT2D eigenvalue weighted by molar-refractivity contribution is 5.91. The van der Waals surface area contributed by atoms with E-state index in [2.05, 4.69) is 50.0 Å². The van der Waals surface area contributed by atoms with Crippen molar-refractivity contribution in [2.75, 3.05) is 44.2 Å². The van der Waals surface area contributed by atoms with Gasteiger partial charge in [0.05, 0.1) is 11.4 Å². The van der Waals surface area contributed by atoms with Crippen molar-refractivity contribution in [3.63, 3.8) is 0 Å². The first-order chi connectivity index (χ1) is 14.3. The molecule has 5 nitrogen and oxygen atoms in total. The van der Waals surface area contributed by atoms with Crippen molar-refractivity contribution < 1.29 is 4.79 Å². The van der Waals surface area contributed by atoms with Gasteiger partial charge >= 0.3 is 0 Å². The SMILES string of the molecule is O=C([C@H]1CCCN(C2CCN(c3ccnc4ccccc34)CC2)C1)N1CCCC1. The van der Waals surface area contributed by atoms with Crippen LogP contribution in [0.25, 0.3) is 10.9 Å². The minimum atomic E-state index is 0.226. The molecule has 3 saturated heterocycles. The number of nitrogens with zero attached hydrogens (tertiary/aromatic N) is 4. The number of piperidine rings is 2. The normalized spacial score (nSPS) is 24.3. The molecule has 3 fully saturated rings. The molecule has 0 radical (unpaired) electrons. The summed E-state index contributed by atoms with van der Waals surface area (Å²) in [6.07, 6.45) is 8.91. The molecule has 1 amide bonds. The van der Waals surface area contributed by atoms with Gasteiger partial charge < -0.3 is 9.80 Å². The molecule has 0 N–H and O–H groups in total. The van der Waals surface area contributed by atoms with Crippen molar-refractivity contribution in [2.24, 2.45) is 5.92 Å². The monoisotopic (exact) mass is 392 g/mol. The molecule has 1 aromatic heterocycles. The molecule has 3 aliphatic rings. The molecule has 5 heteroatoms. The summed E-state index contributed by atoms with van der Waals surface area (Å²) >= 11 is 0. The molecular weight excluding hydrogens is 360 g/mol. The Kier molecular flexibility index (Phi) is 5.40. The van der Waals surface area contributed by atoms with Crippen molar-refractivity contribution in [1.82, 2.24) is 14.8 Å². The first-order valence-electron chi connectivity index (χ1n) is 11.4. The maximum absolute atomic E-state index is 12.9. The Balaban J connectivity index is 1.22. The number of carbonyl (C=O) groups excluding carboxylic acids is 1. The van der Waals surface area contributed by atoms with E-state index in [1.54, 1.807) is 0 Å². The van der Waals surface area contributed by atoms with E-state index in [0.717, 1.165) is 51.2 Å². The third kappa shape index (κ3) is 3.85. The van der Waals surface area contributed by atoms with E-state index in [-0.39, 0.29) is 5.92 Å². The number of amides is 1. The van der Waals surface area contributed by atoms with E-state index in [0.29, 0.717) is 11.9 Å². The molecular formula is C24H32N4O. The summed E-state index contributed by atoms with van der Waals surface area (Å²) in [5.74, 6) is 0.650. The lowest BCUT2D eigenvalue weighted by Crippen LogP contribution is -2.51. The molecule has 1 atom stereocenters. The number of hydrogen-bond donors (Lipinski definition) is 0. The lowest BCUT2D eigenvalue weighted by Gasteiger charge is -2.43. The highest BCUT2D eigenvalue weighted by Crippen LogP contribution is 2.30. The fourth-order valence-electron chi connectivity index (χ4n) is 5.56. The van der Waals surface area contributed by atoms with Gasteiger partial charge in [0, 0.05) is 56.0 Å². The van der Waals surface area contributed by atoms with Crippen molar-refractivity contribution in [1.29, 1.82) is 0 Å². The number of aromatic nitrogens is 1. The van der Waals surface area contributed by atoms with E-state index in [1.807, 2.05) is 6.20 Å². The van der Waals surface area contributed by atoms with Crippen LogP contribution in [0.3, 0.4) is 0 Å². The molecule has 0 saturated carbocycles. The largest absolute Gasteiger partial charge is 0.371 e. The van der Waals surface area contributed by atoms with Crippen LogP contribution in [0, 0.1) is 5.92 Å². The zero-order valence-corrected chi connectivity index (χ0v) is 17.3. The zero-order chi connectivity index (χ0) is 19.6. The molecule has 154 valence electrons. The lowest BCUT2D eigenvalue weighted by molar-refractivity contribution is -0.136. The van der Waals surface area contributed by atoms with Gasteiger partial charge in [-0.3, -0.25) is 14.7 Å². The standard InChI is InChI=1S/C24H32N4O/c29-24(27-13-3-4-14-27)19-6-5-15-28(18-19)20-10-16-26(17-11-20)23-9-12-25-22-8-2-1-7-21(22)23/h1-2,7-9,12,19-20H,3-6,10-11,13-18H2/t19-/m0/s1. The maximum atomic E-state index is 12.9. The van der Waals surface area contributed by atoms with Crippen molar-refractivity contribution in [2.45, 2.75) is 44.6 Å². The molecule has 0 aliphatic carbocycles. The predicted molar refractivity (Wildman–Crippen MR) is 117 cm³/mol. The van der Waals surface area contributed by atoms with Crippen LogP contribution in [0.5, 0.6) is 0 Å². The number of para-hydroxylation sites is 1. The van der Waals surface area contributed by atoms with Crippen LogP contribution >= 0.6 is 0 Å². The number of benzene rings is 1. The molecule has 1 aromatic carbocycles. The number of pyridine rings is 1. The minimum absolute atomic E-state index is 0.226. The molecule has 0 spiro atoms. The van der Waals surface area contributed by atoms with E-state index in [1.165, 1.54) is 43.2 Å². The predicted octanol–water partition coefficient (Wildman–Crippen LogP) is 3.54. The Bertz CT molecular complexity index is 850. The van der Waals surface area contributed by atoms with Gasteiger partial charge in [-0.25, -0.2) is 0 Å². The summed E-state index contributed by atoms with van der Waals surface area (Å²) in [6, 6.07) is 11.2. The second-order valence-electron chi connectivity index (χ2n) is 8.93. The van der Waals surface area contributed by atoms with Gasteiger partial charge in [0.2, 0.25) is 5.91 Å². The van der Waals surface area contributed by atoms with E-state index < -0.39 is 0 Å². The van der Waals surface area contributed by atoms with Gasteiger partial charge in [0.15, 0.2) is 0 Å². The fourth-order valence-corrected chi connectivity index (χ4v) is 5.56. The second-order valence-corrected chi connectivity index (χ2v) is 8.93. The Labute approximate surface area is 173 Å². The molecule has 5 rings (SSSR count). The van der Waals surface area contributed by atoms with E-state index in [4.69, 9.17) is 0 Å². The van der Waals surface area contributed by atoms with Crippen LogP contribution in [-0.2, 0) is 4.79 Å². The van der Waals surface area contributed by atoms with Crippen LogP contribution in [-0.4, -0.2) is 66.0 Å². The quantitative estimate of drug-likeness (QED) is 0.801. The maximum Gasteiger partial charge on any atom is 0.226 e. The minimum Gasteiger partial charge on any atom is -0.371 e. The zero-order valence-electron chi connectivity index (χ0n) is 17.3. The van der Waals surface area contributed by atoms with Crippen molar-refractivity contribution in [3.05, 3.63) is 36.5 Å². The average molecular weight is 393 g/mol. The third-order valence-electron chi connectivity index (χ3n) is 7.17. The van der Waals surface area contributed by atoms with Crippen LogP contribution < -0.4 is 4.90 Å². The van der Waals surface area contributed by atoms with Gasteiger partial charge in [-0.1, -0.05) is 18.2 Å². The number of likely N-dealkylation sites (tertiary alicyclic amines) is 2. The van der Waals surface area contributed by atoms with Crippen molar-refractivity contribution >= 4 is 22.5 Å². The summed E-state index contributed by atoms with van der Waals surface area (Å²) in [4.78, 5) is 24.7. The summed E-state index contributed by atoms with van der Waals surface area (Å²) in [7, 11) is 0. The molecule has 29 heavy (non-hydrogen) atoms. The number of fused-ring (bicyclic) bond motifs is 1. The Morgan fingerprint density at radius 3 is 2.52 bits per heavy atom. The Hall–Kier alpha value is -2.14. The molecule has 3 aliphatic heterocycles. The van der Waals surface area contributed by atoms with Gasteiger partial charge in [0.25, 0.3) is 0 Å². The van der Waals surface area contributed by atoms with Crippen LogP contribution in [0.2, 0.25) is 0 Å². The number of anilines is 1. The number of hydrogen-bond acceptors (Lipinski definition) is 4. The van der Waals surface area contributed by atoms with E-state index in [9.17, 15) is 4.79 Å². The number of rotatable bonds is 3. The van der Waals surface area contributed by atoms with Crippen molar-refractivity contribution in [3.8, 4) is 0 Å². The first-order valence-corrected chi connectivity index (χ1v) is 11.4. The van der Waals surface area contributed by atoms with E-state index >= 15 is 0 Å². The average Bonchev–Trinajstić information content (AvgIpc) is 3.33. The highest BCUT2D eigenvalue weighted by atomic mass is 16.2. The molecule has 2 aromatic rings. The Morgan fingerprint density at radius 2 is 1.69 bits per heavy atom. The fraction of sp³-hybridized carbons (Fsp3) is 0.583. The van der Waals surface area contributed by atoms with Gasteiger partial charge in [0.1, 0.15) is 0 Å². The first kappa shape index (κ1) is 18.9. The highest BCUT2D eigenvalue weighted by Gasteiger charge is 2.34. The van der Waals surface area contributed by atoms with Gasteiger partial charge in [-0.05, 0) is 57.2 Å². The van der Waals surface area contributed by atoms with Gasteiger partial charge in [-0.15, -0.1) is 0 Å². The van der Waals surface area contributed by atoms with Crippen LogP contribution in [0.1, 0.15) is 38.5 Å². The van der Waals surface area contributed by atoms with Crippen LogP contribution in [0.15, 0.2) is 36.5 Å². The second kappa shape index (κ2) is 8.31. The number of carbonyl (C=O) groups is 1. The summed E-state index contributed by atoms with van der Waals surface area (Å²) in [6.45, 7) is 6.26. The lowest BCUT2D eigenvalue weighted by atomic mass is 9.92. The Morgan fingerprint density at radius 1 is 0.897 bits per heavy atom. The topological polar surface area (TPSA) is 39.7 Å². The molecule has 0 bridgehead atoms. The molecule has 0 unspecified atom stereocenters. The summed E-state index contributed by atoms with van der Waals surface area (Å²) < 4.78 is 0. The van der Waals surface area contributed by atoms with Crippen LogP contribution in [0.4, 0.5) is 5.69 Å². The smallest absolute Gasteiger partial charge is 0.226 e. The molecule has 4 heterocycles. The van der Waals surface area contributed by atoms with Gasteiger partial charge in [-0.2, -0.15) is 0 Å². The summed E-state index contributed by atoms with van der Waals surface area (Å²) in [5, 5.41) is 1.25. The third-order valence-corrected chi connectivity index (χ3v) is 7.17.